The van der Waals surface area contributed by atoms with E-state index in [9.17, 15) is 0 Å². The Bertz CT molecular complexity index is 1160. The Labute approximate surface area is 140 Å². The summed E-state index contributed by atoms with van der Waals surface area (Å²) in [4.78, 5) is 4.69. The number of hydrogen-bond donors (Lipinski definition) is 0. The average molecular weight is 308 g/mol. The van der Waals surface area contributed by atoms with Crippen molar-refractivity contribution in [2.45, 2.75) is 6.92 Å². The van der Waals surface area contributed by atoms with Crippen LogP contribution >= 0.6 is 0 Å². The average Bonchev–Trinajstić information content (AvgIpc) is 2.96. The van der Waals surface area contributed by atoms with Gasteiger partial charge >= 0.3 is 0 Å². The zero-order valence-corrected chi connectivity index (χ0v) is 13.4. The van der Waals surface area contributed by atoms with Crippen molar-refractivity contribution >= 4 is 32.7 Å². The van der Waals surface area contributed by atoms with Crippen molar-refractivity contribution in [3.05, 3.63) is 84.6 Å². The van der Waals surface area contributed by atoms with Gasteiger partial charge in [-0.15, -0.1) is 0 Å². The molecule has 0 amide bonds. The molecule has 0 aliphatic rings. The minimum atomic E-state index is 1.04. The molecule has 0 N–H and O–H groups in total. The first-order valence-corrected chi connectivity index (χ1v) is 8.16. The van der Waals surface area contributed by atoms with Crippen molar-refractivity contribution in [1.29, 1.82) is 0 Å². The van der Waals surface area contributed by atoms with Gasteiger partial charge < -0.3 is 4.57 Å². The fraction of sp³-hybridized carbons (Fsp3) is 0.0455. The van der Waals surface area contributed by atoms with Gasteiger partial charge in [0.2, 0.25) is 0 Å². The van der Waals surface area contributed by atoms with Crippen LogP contribution in [0.3, 0.4) is 0 Å². The van der Waals surface area contributed by atoms with E-state index < -0.39 is 0 Å². The Morgan fingerprint density at radius 1 is 0.750 bits per heavy atom. The lowest BCUT2D eigenvalue weighted by molar-refractivity contribution is 1.16. The Kier molecular flexibility index (Phi) is 2.74. The van der Waals surface area contributed by atoms with Crippen LogP contribution < -0.4 is 0 Å². The van der Waals surface area contributed by atoms with Gasteiger partial charge in [-0.1, -0.05) is 48.5 Å². The normalized spacial score (nSPS) is 11.5. The van der Waals surface area contributed by atoms with Crippen molar-refractivity contribution < 1.29 is 0 Å². The van der Waals surface area contributed by atoms with Crippen LogP contribution in [-0.4, -0.2) is 9.55 Å². The van der Waals surface area contributed by atoms with E-state index in [-0.39, 0.29) is 0 Å². The summed E-state index contributed by atoms with van der Waals surface area (Å²) in [5.41, 5.74) is 5.81. The number of fused-ring (bicyclic) bond motifs is 4. The molecule has 24 heavy (non-hydrogen) atoms. The summed E-state index contributed by atoms with van der Waals surface area (Å²) in [6.07, 6.45) is 1.97. The highest BCUT2D eigenvalue weighted by atomic mass is 15.0. The van der Waals surface area contributed by atoms with Gasteiger partial charge in [-0.3, -0.25) is 4.98 Å². The summed E-state index contributed by atoms with van der Waals surface area (Å²) in [5, 5.41) is 3.72. The number of nitrogens with zero attached hydrogens (tertiary/aromatic N) is 2. The van der Waals surface area contributed by atoms with E-state index in [4.69, 9.17) is 4.98 Å². The van der Waals surface area contributed by atoms with Gasteiger partial charge in [-0.25, -0.2) is 0 Å². The van der Waals surface area contributed by atoms with Crippen molar-refractivity contribution in [2.75, 3.05) is 0 Å². The third-order valence-corrected chi connectivity index (χ3v) is 4.66. The highest BCUT2D eigenvalue weighted by Gasteiger charge is 2.11. The standard InChI is InChI=1S/C22H16N2/c1-15-10-11-16-13-17(14-23-20(16)12-15)24-21-8-4-2-6-18(21)19-7-3-5-9-22(19)24/h2-14H,1H3. The predicted octanol–water partition coefficient (Wildman–Crippen LogP) is 5.64. The lowest BCUT2D eigenvalue weighted by Gasteiger charge is -2.09. The van der Waals surface area contributed by atoms with Crippen LogP contribution in [0.15, 0.2) is 79.0 Å². The van der Waals surface area contributed by atoms with Crippen molar-refractivity contribution in [3.63, 3.8) is 0 Å². The second-order valence-electron chi connectivity index (χ2n) is 6.26. The maximum absolute atomic E-state index is 4.69. The van der Waals surface area contributed by atoms with Gasteiger partial charge in [-0.05, 0) is 36.8 Å². The van der Waals surface area contributed by atoms with Crippen LogP contribution in [0.1, 0.15) is 5.56 Å². The van der Waals surface area contributed by atoms with E-state index >= 15 is 0 Å². The summed E-state index contributed by atoms with van der Waals surface area (Å²) in [5.74, 6) is 0. The number of pyridine rings is 1. The molecular formula is C22H16N2. The Hall–Kier alpha value is -3.13. The van der Waals surface area contributed by atoms with Crippen LogP contribution in [0.2, 0.25) is 0 Å². The van der Waals surface area contributed by atoms with E-state index in [2.05, 4.69) is 84.3 Å². The second kappa shape index (κ2) is 4.93. The molecule has 2 heteroatoms. The van der Waals surface area contributed by atoms with E-state index in [0.29, 0.717) is 0 Å². The van der Waals surface area contributed by atoms with Crippen LogP contribution in [-0.2, 0) is 0 Å². The third-order valence-electron chi connectivity index (χ3n) is 4.66. The first kappa shape index (κ1) is 13.3. The fourth-order valence-electron chi connectivity index (χ4n) is 3.54. The highest BCUT2D eigenvalue weighted by molar-refractivity contribution is 6.09. The zero-order valence-electron chi connectivity index (χ0n) is 13.4. The molecule has 0 unspecified atom stereocenters. The van der Waals surface area contributed by atoms with Crippen molar-refractivity contribution in [1.82, 2.24) is 9.55 Å². The molecule has 5 rings (SSSR count). The molecule has 0 atom stereocenters. The number of benzene rings is 3. The number of aryl methyl sites for hydroxylation is 1. The number of aromatic nitrogens is 2. The Morgan fingerprint density at radius 3 is 2.12 bits per heavy atom. The summed E-state index contributed by atoms with van der Waals surface area (Å²) in [6.45, 7) is 2.10. The minimum absolute atomic E-state index is 1.04. The predicted molar refractivity (Wildman–Crippen MR) is 101 cm³/mol. The summed E-state index contributed by atoms with van der Waals surface area (Å²) >= 11 is 0. The lowest BCUT2D eigenvalue weighted by atomic mass is 10.1. The molecule has 0 bridgehead atoms. The maximum atomic E-state index is 4.69. The molecule has 114 valence electrons. The molecule has 0 saturated heterocycles. The molecule has 2 nitrogen and oxygen atoms in total. The topological polar surface area (TPSA) is 17.8 Å². The van der Waals surface area contributed by atoms with E-state index in [1.807, 2.05) is 6.20 Å². The van der Waals surface area contributed by atoms with E-state index in [0.717, 1.165) is 11.2 Å². The van der Waals surface area contributed by atoms with Gasteiger partial charge in [0, 0.05) is 16.2 Å². The van der Waals surface area contributed by atoms with Gasteiger partial charge in [-0.2, -0.15) is 0 Å². The molecule has 0 aliphatic carbocycles. The zero-order chi connectivity index (χ0) is 16.1. The molecule has 2 heterocycles. The fourth-order valence-corrected chi connectivity index (χ4v) is 3.54. The highest BCUT2D eigenvalue weighted by Crippen LogP contribution is 2.32. The molecule has 0 aliphatic heterocycles. The first-order chi connectivity index (χ1) is 11.8. The summed E-state index contributed by atoms with van der Waals surface area (Å²) in [6, 6.07) is 25.7. The lowest BCUT2D eigenvalue weighted by Crippen LogP contribution is -1.95. The van der Waals surface area contributed by atoms with E-state index in [1.54, 1.807) is 0 Å². The number of hydrogen-bond acceptors (Lipinski definition) is 1. The van der Waals surface area contributed by atoms with Crippen LogP contribution in [0, 0.1) is 6.92 Å². The quantitative estimate of drug-likeness (QED) is 0.392. The van der Waals surface area contributed by atoms with Gasteiger partial charge in [0.05, 0.1) is 28.4 Å². The Morgan fingerprint density at radius 2 is 1.42 bits per heavy atom. The molecule has 0 saturated carbocycles. The SMILES string of the molecule is Cc1ccc2cc(-n3c4ccccc4c4ccccc43)cnc2c1. The van der Waals surface area contributed by atoms with Crippen molar-refractivity contribution in [2.24, 2.45) is 0 Å². The van der Waals surface area contributed by atoms with Crippen LogP contribution in [0.4, 0.5) is 0 Å². The molecule has 0 radical (unpaired) electrons. The first-order valence-electron chi connectivity index (χ1n) is 8.16. The minimum Gasteiger partial charge on any atom is -0.308 e. The number of rotatable bonds is 1. The van der Waals surface area contributed by atoms with Crippen LogP contribution in [0.5, 0.6) is 0 Å². The number of para-hydroxylation sites is 2. The molecule has 0 fully saturated rings. The second-order valence-corrected chi connectivity index (χ2v) is 6.26. The molecule has 5 aromatic rings. The largest absolute Gasteiger partial charge is 0.308 e. The van der Waals surface area contributed by atoms with Crippen molar-refractivity contribution in [3.8, 4) is 5.69 Å². The van der Waals surface area contributed by atoms with Crippen LogP contribution in [0.25, 0.3) is 38.4 Å². The monoisotopic (exact) mass is 308 g/mol. The van der Waals surface area contributed by atoms with E-state index in [1.165, 1.54) is 32.8 Å². The summed E-state index contributed by atoms with van der Waals surface area (Å²) < 4.78 is 2.30. The molecular weight excluding hydrogens is 292 g/mol. The smallest absolute Gasteiger partial charge is 0.0706 e. The molecule has 2 aromatic heterocycles. The summed E-state index contributed by atoms with van der Waals surface area (Å²) in [7, 11) is 0. The maximum Gasteiger partial charge on any atom is 0.0706 e. The molecule has 3 aromatic carbocycles. The molecule has 0 spiro atoms. The van der Waals surface area contributed by atoms with Gasteiger partial charge in [0.1, 0.15) is 0 Å². The Balaban J connectivity index is 1.89. The van der Waals surface area contributed by atoms with Gasteiger partial charge in [0.15, 0.2) is 0 Å². The third kappa shape index (κ3) is 1.86. The van der Waals surface area contributed by atoms with Gasteiger partial charge in [0.25, 0.3) is 0 Å².